The van der Waals surface area contributed by atoms with Crippen LogP contribution >= 0.6 is 0 Å². The molecule has 1 nitrogen and oxygen atoms in total. The van der Waals surface area contributed by atoms with E-state index in [1.165, 1.54) is 6.07 Å². The number of halogens is 5. The van der Waals surface area contributed by atoms with Crippen LogP contribution in [0.1, 0.15) is 61.0 Å². The van der Waals surface area contributed by atoms with E-state index in [1.807, 2.05) is 0 Å². The average Bonchev–Trinajstić information content (AvgIpc) is 2.35. The molecule has 0 aliphatic heterocycles. The van der Waals surface area contributed by atoms with Crippen molar-refractivity contribution in [1.82, 2.24) is 0 Å². The van der Waals surface area contributed by atoms with Crippen molar-refractivity contribution in [3.8, 4) is 0 Å². The van der Waals surface area contributed by atoms with Crippen molar-refractivity contribution in [3.63, 3.8) is 0 Å². The van der Waals surface area contributed by atoms with E-state index in [0.29, 0.717) is 5.56 Å². The van der Waals surface area contributed by atoms with Gasteiger partial charge in [0.1, 0.15) is 0 Å². The Morgan fingerprint density at radius 1 is 0.952 bits per heavy atom. The van der Waals surface area contributed by atoms with Crippen LogP contribution in [0.4, 0.5) is 22.0 Å². The number of alkyl halides is 5. The number of hydrogen-bond donors (Lipinski definition) is 0. The molecule has 0 atom stereocenters. The molecule has 1 aromatic rings. The molecule has 0 unspecified atom stereocenters. The minimum Gasteiger partial charge on any atom is -0.287 e. The van der Waals surface area contributed by atoms with Crippen LogP contribution in [-0.2, 0) is 0 Å². The zero-order valence-corrected chi connectivity index (χ0v) is 12.2. The van der Waals surface area contributed by atoms with E-state index in [4.69, 9.17) is 0 Å². The molecule has 0 amide bonds. The normalized spacial score (nSPS) is 13.1. The highest BCUT2D eigenvalue weighted by Crippen LogP contribution is 2.40. The van der Waals surface area contributed by atoms with Crippen LogP contribution in [-0.4, -0.2) is 17.9 Å². The van der Waals surface area contributed by atoms with Gasteiger partial charge in [0, 0.05) is 5.56 Å². The number of carbonyl (C=O) groups is 1. The fourth-order valence-corrected chi connectivity index (χ4v) is 2.23. The van der Waals surface area contributed by atoms with Crippen molar-refractivity contribution in [2.24, 2.45) is 0 Å². The summed E-state index contributed by atoms with van der Waals surface area (Å²) in [6, 6.07) is 4.01. The second-order valence-electron chi connectivity index (χ2n) is 5.52. The zero-order chi connectivity index (χ0) is 16.6. The van der Waals surface area contributed by atoms with Crippen molar-refractivity contribution in [3.05, 3.63) is 34.9 Å². The van der Waals surface area contributed by atoms with Gasteiger partial charge in [-0.25, -0.2) is 0 Å². The molecule has 0 saturated carbocycles. The maximum absolute atomic E-state index is 13.3. The third-order valence-corrected chi connectivity index (χ3v) is 3.23. The summed E-state index contributed by atoms with van der Waals surface area (Å²) in [7, 11) is 0. The van der Waals surface area contributed by atoms with Crippen molar-refractivity contribution < 1.29 is 26.7 Å². The number of hydrogen-bond acceptors (Lipinski definition) is 1. The summed E-state index contributed by atoms with van der Waals surface area (Å²) >= 11 is 0. The van der Waals surface area contributed by atoms with E-state index >= 15 is 0 Å². The lowest BCUT2D eigenvalue weighted by molar-refractivity contribution is -0.255. The molecule has 0 spiro atoms. The Bertz CT molecular complexity index is 529. The third-order valence-electron chi connectivity index (χ3n) is 3.23. The molecule has 118 valence electrons. The molecule has 21 heavy (non-hydrogen) atoms. The molecule has 1 rings (SSSR count). The lowest BCUT2D eigenvalue weighted by Crippen LogP contribution is -2.44. The molecule has 0 bridgehead atoms. The molecular formula is C15H17F5O. The number of ketones is 1. The Labute approximate surface area is 120 Å². The number of Topliss-reactive ketones (excluding diaryl/α,β-unsaturated/α-hetero) is 1. The largest absolute Gasteiger partial charge is 0.461 e. The fraction of sp³-hybridized carbons (Fsp3) is 0.533. The van der Waals surface area contributed by atoms with Gasteiger partial charge in [0.25, 0.3) is 0 Å². The summed E-state index contributed by atoms with van der Waals surface area (Å²) in [5.74, 6) is -8.01. The van der Waals surface area contributed by atoms with Crippen LogP contribution in [0.2, 0.25) is 0 Å². The van der Waals surface area contributed by atoms with Gasteiger partial charge >= 0.3 is 12.1 Å². The van der Waals surface area contributed by atoms with Gasteiger partial charge in [-0.05, 0) is 23.0 Å². The second-order valence-corrected chi connectivity index (χ2v) is 5.52. The van der Waals surface area contributed by atoms with Crippen LogP contribution in [0, 0.1) is 0 Å². The zero-order valence-electron chi connectivity index (χ0n) is 12.2. The van der Waals surface area contributed by atoms with Gasteiger partial charge in [-0.2, -0.15) is 22.0 Å². The number of rotatable bonds is 4. The molecule has 0 radical (unpaired) electrons. The first kappa shape index (κ1) is 17.6. The summed E-state index contributed by atoms with van der Waals surface area (Å²) < 4.78 is 63.8. The SMILES string of the molecule is CC(C)c1cccc(C(=O)C(F)(F)C(F)(F)F)c1C(C)C. The van der Waals surface area contributed by atoms with E-state index in [2.05, 4.69) is 0 Å². The highest BCUT2D eigenvalue weighted by Gasteiger charge is 2.63. The van der Waals surface area contributed by atoms with Crippen LogP contribution < -0.4 is 0 Å². The Morgan fingerprint density at radius 2 is 1.48 bits per heavy atom. The molecule has 0 fully saturated rings. The highest BCUT2D eigenvalue weighted by molar-refractivity contribution is 6.03. The topological polar surface area (TPSA) is 17.1 Å². The van der Waals surface area contributed by atoms with Crippen molar-refractivity contribution >= 4 is 5.78 Å². The maximum Gasteiger partial charge on any atom is 0.461 e. The smallest absolute Gasteiger partial charge is 0.287 e. The molecule has 0 N–H and O–H groups in total. The second kappa shape index (κ2) is 5.73. The van der Waals surface area contributed by atoms with Gasteiger partial charge in [-0.15, -0.1) is 0 Å². The van der Waals surface area contributed by atoms with Gasteiger partial charge < -0.3 is 0 Å². The Morgan fingerprint density at radius 3 is 1.86 bits per heavy atom. The van der Waals surface area contributed by atoms with Crippen molar-refractivity contribution in [1.29, 1.82) is 0 Å². The predicted molar refractivity (Wildman–Crippen MR) is 70.0 cm³/mol. The fourth-order valence-electron chi connectivity index (χ4n) is 2.23. The van der Waals surface area contributed by atoms with Crippen LogP contribution in [0.3, 0.4) is 0 Å². The average molecular weight is 308 g/mol. The summed E-state index contributed by atoms with van der Waals surface area (Å²) in [6.45, 7) is 6.89. The molecular weight excluding hydrogens is 291 g/mol. The minimum atomic E-state index is -5.90. The van der Waals surface area contributed by atoms with E-state index < -0.39 is 23.4 Å². The van der Waals surface area contributed by atoms with Gasteiger partial charge in [0.2, 0.25) is 5.78 Å². The molecule has 0 aliphatic rings. The minimum absolute atomic E-state index is 0.0883. The predicted octanol–water partition coefficient (Wildman–Crippen LogP) is 5.31. The molecule has 0 aromatic heterocycles. The van der Waals surface area contributed by atoms with E-state index in [0.717, 1.165) is 6.07 Å². The lowest BCUT2D eigenvalue weighted by Gasteiger charge is -2.23. The molecule has 1 aromatic carbocycles. The van der Waals surface area contributed by atoms with Crippen LogP contribution in [0.5, 0.6) is 0 Å². The first-order valence-corrected chi connectivity index (χ1v) is 6.53. The summed E-state index contributed by atoms with van der Waals surface area (Å²) in [4.78, 5) is 11.7. The van der Waals surface area contributed by atoms with Crippen molar-refractivity contribution in [2.45, 2.75) is 51.6 Å². The Balaban J connectivity index is 3.51. The van der Waals surface area contributed by atoms with E-state index in [1.54, 1.807) is 33.8 Å². The number of benzene rings is 1. The molecule has 6 heteroatoms. The Kier molecular flexibility index (Phi) is 4.80. The van der Waals surface area contributed by atoms with Crippen molar-refractivity contribution in [2.75, 3.05) is 0 Å². The quantitative estimate of drug-likeness (QED) is 0.544. The summed E-state index contributed by atoms with van der Waals surface area (Å²) in [5.41, 5.74) is 0.300. The standard InChI is InChI=1S/C15H17F5O/c1-8(2)10-6-5-7-11(12(10)9(3)4)13(21)14(16,17)15(18,19)20/h5-9H,1-4H3. The first-order chi connectivity index (χ1) is 9.41. The maximum atomic E-state index is 13.3. The van der Waals surface area contributed by atoms with E-state index in [-0.39, 0.29) is 17.4 Å². The summed E-state index contributed by atoms with van der Waals surface area (Å²) in [5, 5.41) is 0. The van der Waals surface area contributed by atoms with Crippen LogP contribution in [0.25, 0.3) is 0 Å². The van der Waals surface area contributed by atoms with Gasteiger partial charge in [-0.1, -0.05) is 45.9 Å². The molecule has 0 saturated heterocycles. The third kappa shape index (κ3) is 3.24. The monoisotopic (exact) mass is 308 g/mol. The van der Waals surface area contributed by atoms with Crippen LogP contribution in [0.15, 0.2) is 18.2 Å². The van der Waals surface area contributed by atoms with E-state index in [9.17, 15) is 26.7 Å². The summed E-state index contributed by atoms with van der Waals surface area (Å²) in [6.07, 6.45) is -5.90. The lowest BCUT2D eigenvalue weighted by atomic mass is 9.84. The Hall–Kier alpha value is -1.46. The van der Waals surface area contributed by atoms with Gasteiger partial charge in [0.15, 0.2) is 0 Å². The first-order valence-electron chi connectivity index (χ1n) is 6.53. The highest BCUT2D eigenvalue weighted by atomic mass is 19.4. The molecule has 0 heterocycles. The van der Waals surface area contributed by atoms with Gasteiger partial charge in [-0.3, -0.25) is 4.79 Å². The molecule has 0 aliphatic carbocycles. The van der Waals surface area contributed by atoms with Gasteiger partial charge in [0.05, 0.1) is 0 Å². The number of carbonyl (C=O) groups excluding carboxylic acids is 1.